The van der Waals surface area contributed by atoms with E-state index in [1.165, 1.54) is 5.56 Å². The van der Waals surface area contributed by atoms with Crippen molar-refractivity contribution >= 4 is 18.3 Å². The Morgan fingerprint density at radius 1 is 1.30 bits per heavy atom. The molecule has 0 saturated carbocycles. The van der Waals surface area contributed by atoms with Crippen LogP contribution < -0.4 is 5.73 Å². The summed E-state index contributed by atoms with van der Waals surface area (Å²) in [5, 5.41) is 4.32. The van der Waals surface area contributed by atoms with Crippen molar-refractivity contribution in [2.45, 2.75) is 46.3 Å². The first-order valence-corrected chi connectivity index (χ1v) is 8.29. The van der Waals surface area contributed by atoms with E-state index < -0.39 is 0 Å². The number of nitrogens with two attached hydrogens (primary N) is 1. The normalized spacial score (nSPS) is 17.7. The summed E-state index contributed by atoms with van der Waals surface area (Å²) >= 11 is 0. The van der Waals surface area contributed by atoms with Gasteiger partial charge in [-0.2, -0.15) is 5.10 Å². The first kappa shape index (κ1) is 19.9. The second-order valence-electron chi connectivity index (χ2n) is 6.43. The quantitative estimate of drug-likeness (QED) is 0.876. The molecule has 1 saturated heterocycles. The molecule has 0 radical (unpaired) electrons. The lowest BCUT2D eigenvalue weighted by Gasteiger charge is -2.26. The topological polar surface area (TPSA) is 67.4 Å². The molecule has 1 aromatic heterocycles. The van der Waals surface area contributed by atoms with E-state index in [0.29, 0.717) is 0 Å². The molecule has 0 aromatic carbocycles. The average molecular weight is 344 g/mol. The van der Waals surface area contributed by atoms with E-state index in [1.54, 1.807) is 0 Å². The molecule has 7 heteroatoms. The van der Waals surface area contributed by atoms with Gasteiger partial charge in [-0.25, -0.2) is 0 Å². The number of hydrogen-bond donors (Lipinski definition) is 1. The van der Waals surface area contributed by atoms with Crippen LogP contribution in [0.2, 0.25) is 0 Å². The number of hydrogen-bond acceptors (Lipinski definition) is 4. The second kappa shape index (κ2) is 9.25. The van der Waals surface area contributed by atoms with Gasteiger partial charge in [0.2, 0.25) is 5.91 Å². The third-order valence-corrected chi connectivity index (χ3v) is 4.32. The maximum absolute atomic E-state index is 12.4. The molecule has 2 N–H and O–H groups in total. The fraction of sp³-hybridized carbons (Fsp3) is 0.750. The van der Waals surface area contributed by atoms with Gasteiger partial charge in [-0.05, 0) is 19.3 Å². The molecule has 2 heterocycles. The number of halogens is 1. The average Bonchev–Trinajstić information content (AvgIpc) is 2.83. The molecule has 0 aliphatic carbocycles. The highest BCUT2D eigenvalue weighted by Gasteiger charge is 2.25. The van der Waals surface area contributed by atoms with Gasteiger partial charge in [0.25, 0.3) is 0 Å². The zero-order valence-electron chi connectivity index (χ0n) is 14.4. The lowest BCUT2D eigenvalue weighted by atomic mass is 10.0. The van der Waals surface area contributed by atoms with Gasteiger partial charge >= 0.3 is 0 Å². The molecule has 0 spiro atoms. The van der Waals surface area contributed by atoms with Crippen LogP contribution in [0.5, 0.6) is 0 Å². The van der Waals surface area contributed by atoms with Crippen molar-refractivity contribution in [3.8, 4) is 0 Å². The van der Waals surface area contributed by atoms with Gasteiger partial charge in [0.05, 0.1) is 12.2 Å². The van der Waals surface area contributed by atoms with Crippen LogP contribution in [0.4, 0.5) is 0 Å². The van der Waals surface area contributed by atoms with Crippen molar-refractivity contribution in [1.29, 1.82) is 0 Å². The molecule has 1 amide bonds. The molecule has 6 nitrogen and oxygen atoms in total. The Balaban J connectivity index is 0.00000264. The summed E-state index contributed by atoms with van der Waals surface area (Å²) in [6.07, 6.45) is 5.03. The maximum Gasteiger partial charge on any atom is 0.239 e. The van der Waals surface area contributed by atoms with E-state index in [4.69, 9.17) is 5.73 Å². The van der Waals surface area contributed by atoms with Crippen LogP contribution in [0.15, 0.2) is 12.4 Å². The summed E-state index contributed by atoms with van der Waals surface area (Å²) in [4.78, 5) is 16.7. The van der Waals surface area contributed by atoms with Crippen molar-refractivity contribution < 1.29 is 4.79 Å². The van der Waals surface area contributed by atoms with Crippen molar-refractivity contribution in [2.24, 2.45) is 11.7 Å². The summed E-state index contributed by atoms with van der Waals surface area (Å²) in [6.45, 7) is 11.4. The zero-order chi connectivity index (χ0) is 16.1. The summed E-state index contributed by atoms with van der Waals surface area (Å²) < 4.78 is 1.95. The van der Waals surface area contributed by atoms with Crippen LogP contribution in [0.1, 0.15) is 32.8 Å². The number of aromatic nitrogens is 2. The van der Waals surface area contributed by atoms with Gasteiger partial charge in [0, 0.05) is 51.0 Å². The third-order valence-electron chi connectivity index (χ3n) is 4.32. The Kier molecular flexibility index (Phi) is 8.02. The minimum atomic E-state index is -0.380. The Labute approximate surface area is 145 Å². The zero-order valence-corrected chi connectivity index (χ0v) is 15.3. The fourth-order valence-electron chi connectivity index (χ4n) is 2.76. The molecule has 1 aliphatic rings. The van der Waals surface area contributed by atoms with Crippen LogP contribution in [0.3, 0.4) is 0 Å². The predicted octanol–water partition coefficient (Wildman–Crippen LogP) is 1.34. The van der Waals surface area contributed by atoms with Crippen LogP contribution in [-0.4, -0.2) is 57.7 Å². The Hall–Kier alpha value is -1.11. The smallest absolute Gasteiger partial charge is 0.239 e. The van der Waals surface area contributed by atoms with Crippen molar-refractivity contribution in [3.05, 3.63) is 18.0 Å². The maximum atomic E-state index is 12.4. The van der Waals surface area contributed by atoms with E-state index in [9.17, 15) is 4.79 Å². The van der Waals surface area contributed by atoms with Gasteiger partial charge in [0.1, 0.15) is 0 Å². The Morgan fingerprint density at radius 3 is 2.65 bits per heavy atom. The molecule has 1 fully saturated rings. The molecule has 23 heavy (non-hydrogen) atoms. The molecule has 132 valence electrons. The number of carbonyl (C=O) groups is 1. The lowest BCUT2D eigenvalue weighted by molar-refractivity contribution is -0.133. The molecule has 1 aromatic rings. The Morgan fingerprint density at radius 2 is 2.04 bits per heavy atom. The molecule has 2 rings (SSSR count). The van der Waals surface area contributed by atoms with Crippen LogP contribution >= 0.6 is 12.4 Å². The van der Waals surface area contributed by atoms with Gasteiger partial charge in [-0.15, -0.1) is 12.4 Å². The van der Waals surface area contributed by atoms with Crippen molar-refractivity contribution in [2.75, 3.05) is 26.2 Å². The van der Waals surface area contributed by atoms with Crippen LogP contribution in [-0.2, 0) is 17.9 Å². The van der Waals surface area contributed by atoms with Gasteiger partial charge in [0.15, 0.2) is 0 Å². The largest absolute Gasteiger partial charge is 0.340 e. The SMILES string of the molecule is CCn1cc(CN2CCCN(C(=O)[C@@H](N)C(C)C)CC2)cn1.Cl. The Bertz CT molecular complexity index is 491. The number of rotatable bonds is 5. The molecule has 0 unspecified atom stereocenters. The van der Waals surface area contributed by atoms with E-state index in [2.05, 4.69) is 23.1 Å². The van der Waals surface area contributed by atoms with Crippen LogP contribution in [0, 0.1) is 5.92 Å². The minimum absolute atomic E-state index is 0. The van der Waals surface area contributed by atoms with Gasteiger partial charge < -0.3 is 10.6 Å². The van der Waals surface area contributed by atoms with Gasteiger partial charge in [-0.1, -0.05) is 13.8 Å². The summed E-state index contributed by atoms with van der Waals surface area (Å²) in [6, 6.07) is -0.380. The van der Waals surface area contributed by atoms with E-state index in [0.717, 1.165) is 45.7 Å². The number of carbonyl (C=O) groups excluding carboxylic acids is 1. The first-order valence-electron chi connectivity index (χ1n) is 8.29. The molecule has 0 bridgehead atoms. The number of aryl methyl sites for hydroxylation is 1. The van der Waals surface area contributed by atoms with E-state index >= 15 is 0 Å². The predicted molar refractivity (Wildman–Crippen MR) is 94.4 cm³/mol. The molecule has 1 aliphatic heterocycles. The van der Waals surface area contributed by atoms with Gasteiger partial charge in [-0.3, -0.25) is 14.4 Å². The van der Waals surface area contributed by atoms with Crippen molar-refractivity contribution in [1.82, 2.24) is 19.6 Å². The molecule has 1 atom stereocenters. The highest BCUT2D eigenvalue weighted by atomic mass is 35.5. The van der Waals surface area contributed by atoms with E-state index in [-0.39, 0.29) is 30.3 Å². The monoisotopic (exact) mass is 343 g/mol. The summed E-state index contributed by atoms with van der Waals surface area (Å²) in [5.74, 6) is 0.280. The fourth-order valence-corrected chi connectivity index (χ4v) is 2.76. The second-order valence-corrected chi connectivity index (χ2v) is 6.43. The molecular weight excluding hydrogens is 314 g/mol. The standard InChI is InChI=1S/C16H29N5O.ClH/c1-4-21-12-14(10-18-21)11-19-6-5-7-20(9-8-19)16(22)15(17)13(2)3;/h10,12-13,15H,4-9,11,17H2,1-3H3;1H/t15-;/m0./s1. The number of nitrogens with zero attached hydrogens (tertiary/aromatic N) is 4. The van der Waals surface area contributed by atoms with Crippen molar-refractivity contribution in [3.63, 3.8) is 0 Å². The lowest BCUT2D eigenvalue weighted by Crippen LogP contribution is -2.47. The van der Waals surface area contributed by atoms with Crippen LogP contribution in [0.25, 0.3) is 0 Å². The number of amides is 1. The highest BCUT2D eigenvalue weighted by Crippen LogP contribution is 2.11. The summed E-state index contributed by atoms with van der Waals surface area (Å²) in [5.41, 5.74) is 7.24. The third kappa shape index (κ3) is 5.48. The first-order chi connectivity index (χ1) is 10.5. The minimum Gasteiger partial charge on any atom is -0.340 e. The molecular formula is C16H30ClN5O. The van der Waals surface area contributed by atoms with E-state index in [1.807, 2.05) is 29.6 Å². The highest BCUT2D eigenvalue weighted by molar-refractivity contribution is 5.85. The summed E-state index contributed by atoms with van der Waals surface area (Å²) in [7, 11) is 0.